The molecule has 0 radical (unpaired) electrons. The number of hydrogen-bond acceptors (Lipinski definition) is 2. The lowest BCUT2D eigenvalue weighted by atomic mass is 10.1. The molecule has 1 aliphatic heterocycles. The first-order chi connectivity index (χ1) is 9.20. The van der Waals surface area contributed by atoms with E-state index in [0.717, 1.165) is 38.9 Å². The van der Waals surface area contributed by atoms with Crippen molar-refractivity contribution in [2.75, 3.05) is 13.1 Å². The molecule has 3 nitrogen and oxygen atoms in total. The molecule has 1 N–H and O–H groups in total. The van der Waals surface area contributed by atoms with Gasteiger partial charge in [0.25, 0.3) is 0 Å². The van der Waals surface area contributed by atoms with Gasteiger partial charge in [-0.2, -0.15) is 0 Å². The molecular weight excluding hydrogens is 236 g/mol. The lowest BCUT2D eigenvalue weighted by Crippen LogP contribution is -2.43. The molecule has 2 rings (SSSR count). The lowest BCUT2D eigenvalue weighted by Gasteiger charge is -2.25. The van der Waals surface area contributed by atoms with Crippen molar-refractivity contribution in [3.05, 3.63) is 35.4 Å². The highest BCUT2D eigenvalue weighted by Crippen LogP contribution is 2.13. The Hall–Kier alpha value is -1.35. The van der Waals surface area contributed by atoms with Crippen molar-refractivity contribution in [3.63, 3.8) is 0 Å². The highest BCUT2D eigenvalue weighted by atomic mass is 16.2. The number of benzene rings is 1. The summed E-state index contributed by atoms with van der Waals surface area (Å²) in [6.45, 7) is 6.75. The van der Waals surface area contributed by atoms with Crippen LogP contribution < -0.4 is 5.32 Å². The standard InChI is InChI=1S/C16H24N2O/c1-3-11-18(16(19)15-5-4-10-17-15)12-14-8-6-13(2)7-9-14/h6-9,15,17H,3-5,10-12H2,1-2H3. The van der Waals surface area contributed by atoms with Gasteiger partial charge in [-0.25, -0.2) is 0 Å². The molecule has 1 unspecified atom stereocenters. The van der Waals surface area contributed by atoms with Crippen LogP contribution in [0, 0.1) is 6.92 Å². The summed E-state index contributed by atoms with van der Waals surface area (Å²) in [5, 5.41) is 3.30. The van der Waals surface area contributed by atoms with Gasteiger partial charge in [-0.05, 0) is 38.3 Å². The van der Waals surface area contributed by atoms with Gasteiger partial charge in [-0.1, -0.05) is 36.8 Å². The first-order valence-corrected chi connectivity index (χ1v) is 7.28. The zero-order valence-corrected chi connectivity index (χ0v) is 12.0. The monoisotopic (exact) mass is 260 g/mol. The van der Waals surface area contributed by atoms with Gasteiger partial charge in [0, 0.05) is 13.1 Å². The summed E-state index contributed by atoms with van der Waals surface area (Å²) in [7, 11) is 0. The molecule has 1 amide bonds. The molecule has 0 saturated carbocycles. The molecule has 0 aliphatic carbocycles. The average molecular weight is 260 g/mol. The summed E-state index contributed by atoms with van der Waals surface area (Å²) in [4.78, 5) is 14.5. The van der Waals surface area contributed by atoms with Gasteiger partial charge in [0.15, 0.2) is 0 Å². The fourth-order valence-electron chi connectivity index (χ4n) is 2.57. The minimum atomic E-state index is 0.0389. The summed E-state index contributed by atoms with van der Waals surface area (Å²) in [5.74, 6) is 0.264. The third kappa shape index (κ3) is 3.80. The van der Waals surface area contributed by atoms with Crippen LogP contribution in [0.3, 0.4) is 0 Å². The van der Waals surface area contributed by atoms with Crippen LogP contribution in [-0.4, -0.2) is 29.9 Å². The van der Waals surface area contributed by atoms with E-state index < -0.39 is 0 Å². The fraction of sp³-hybridized carbons (Fsp3) is 0.562. The lowest BCUT2D eigenvalue weighted by molar-refractivity contribution is -0.133. The van der Waals surface area contributed by atoms with Crippen LogP contribution in [0.2, 0.25) is 0 Å². The summed E-state index contributed by atoms with van der Waals surface area (Å²) in [6.07, 6.45) is 3.10. The number of nitrogens with one attached hydrogen (secondary N) is 1. The number of rotatable bonds is 5. The van der Waals surface area contributed by atoms with Gasteiger partial charge < -0.3 is 10.2 Å². The SMILES string of the molecule is CCCN(Cc1ccc(C)cc1)C(=O)C1CCCN1. The molecule has 19 heavy (non-hydrogen) atoms. The number of hydrogen-bond donors (Lipinski definition) is 1. The van der Waals surface area contributed by atoms with Gasteiger partial charge in [-0.3, -0.25) is 4.79 Å². The number of aryl methyl sites for hydroxylation is 1. The third-order valence-corrected chi connectivity index (χ3v) is 3.66. The molecule has 1 aromatic carbocycles. The third-order valence-electron chi connectivity index (χ3n) is 3.66. The predicted octanol–water partition coefficient (Wildman–Crippen LogP) is 2.49. The predicted molar refractivity (Wildman–Crippen MR) is 77.9 cm³/mol. The Labute approximate surface area is 116 Å². The number of amides is 1. The Bertz CT molecular complexity index is 407. The summed E-state index contributed by atoms with van der Waals surface area (Å²) >= 11 is 0. The Morgan fingerprint density at radius 1 is 1.37 bits per heavy atom. The fourth-order valence-corrected chi connectivity index (χ4v) is 2.57. The molecule has 1 aliphatic rings. The van der Waals surface area contributed by atoms with Crippen LogP contribution >= 0.6 is 0 Å². The molecule has 104 valence electrons. The van der Waals surface area contributed by atoms with E-state index in [1.807, 2.05) is 4.90 Å². The van der Waals surface area contributed by atoms with E-state index in [4.69, 9.17) is 0 Å². The van der Waals surface area contributed by atoms with Crippen molar-refractivity contribution in [2.24, 2.45) is 0 Å². The second kappa shape index (κ2) is 6.71. The molecule has 1 fully saturated rings. The van der Waals surface area contributed by atoms with E-state index >= 15 is 0 Å². The molecule has 1 aromatic rings. The van der Waals surface area contributed by atoms with Crippen LogP contribution in [0.1, 0.15) is 37.3 Å². The smallest absolute Gasteiger partial charge is 0.240 e. The number of carbonyl (C=O) groups is 1. The maximum atomic E-state index is 12.5. The van der Waals surface area contributed by atoms with E-state index in [-0.39, 0.29) is 11.9 Å². The molecule has 1 atom stereocenters. The van der Waals surface area contributed by atoms with Gasteiger partial charge in [0.1, 0.15) is 0 Å². The van der Waals surface area contributed by atoms with E-state index in [1.165, 1.54) is 11.1 Å². The van der Waals surface area contributed by atoms with E-state index in [0.29, 0.717) is 0 Å². The molecular formula is C16H24N2O. The van der Waals surface area contributed by atoms with Crippen LogP contribution in [0.4, 0.5) is 0 Å². The molecule has 0 aromatic heterocycles. The van der Waals surface area contributed by atoms with Crippen molar-refractivity contribution < 1.29 is 4.79 Å². The van der Waals surface area contributed by atoms with Crippen LogP contribution in [0.5, 0.6) is 0 Å². The summed E-state index contributed by atoms with van der Waals surface area (Å²) in [5.41, 5.74) is 2.47. The van der Waals surface area contributed by atoms with E-state index in [2.05, 4.69) is 43.4 Å². The Kier molecular flexibility index (Phi) is 4.97. The maximum absolute atomic E-state index is 12.5. The Morgan fingerprint density at radius 2 is 2.11 bits per heavy atom. The second-order valence-corrected chi connectivity index (χ2v) is 5.39. The highest BCUT2D eigenvalue weighted by molar-refractivity contribution is 5.82. The van der Waals surface area contributed by atoms with E-state index in [9.17, 15) is 4.79 Å². The van der Waals surface area contributed by atoms with Crippen molar-refractivity contribution in [2.45, 2.75) is 45.7 Å². The normalized spacial score (nSPS) is 18.5. The van der Waals surface area contributed by atoms with Crippen molar-refractivity contribution in [3.8, 4) is 0 Å². The van der Waals surface area contributed by atoms with Gasteiger partial charge in [0.05, 0.1) is 6.04 Å². The minimum absolute atomic E-state index is 0.0389. The molecule has 1 saturated heterocycles. The Balaban J connectivity index is 2.02. The molecule has 3 heteroatoms. The van der Waals surface area contributed by atoms with Crippen LogP contribution in [0.25, 0.3) is 0 Å². The van der Waals surface area contributed by atoms with Crippen molar-refractivity contribution in [1.82, 2.24) is 10.2 Å². The first-order valence-electron chi connectivity index (χ1n) is 7.28. The minimum Gasteiger partial charge on any atom is -0.337 e. The van der Waals surface area contributed by atoms with Gasteiger partial charge >= 0.3 is 0 Å². The summed E-state index contributed by atoms with van der Waals surface area (Å²) in [6, 6.07) is 8.49. The average Bonchev–Trinajstić information content (AvgIpc) is 2.94. The van der Waals surface area contributed by atoms with Crippen LogP contribution in [0.15, 0.2) is 24.3 Å². The van der Waals surface area contributed by atoms with Gasteiger partial charge in [-0.15, -0.1) is 0 Å². The van der Waals surface area contributed by atoms with Gasteiger partial charge in [0.2, 0.25) is 5.91 Å². The maximum Gasteiger partial charge on any atom is 0.240 e. The zero-order chi connectivity index (χ0) is 13.7. The van der Waals surface area contributed by atoms with Crippen LogP contribution in [-0.2, 0) is 11.3 Å². The molecule has 1 heterocycles. The highest BCUT2D eigenvalue weighted by Gasteiger charge is 2.26. The number of carbonyl (C=O) groups excluding carboxylic acids is 1. The first kappa shape index (κ1) is 14.1. The van der Waals surface area contributed by atoms with Crippen molar-refractivity contribution in [1.29, 1.82) is 0 Å². The second-order valence-electron chi connectivity index (χ2n) is 5.39. The topological polar surface area (TPSA) is 32.3 Å². The zero-order valence-electron chi connectivity index (χ0n) is 12.0. The molecule has 0 spiro atoms. The van der Waals surface area contributed by atoms with Crippen molar-refractivity contribution >= 4 is 5.91 Å². The quantitative estimate of drug-likeness (QED) is 0.882. The number of nitrogens with zero attached hydrogens (tertiary/aromatic N) is 1. The molecule has 0 bridgehead atoms. The summed E-state index contributed by atoms with van der Waals surface area (Å²) < 4.78 is 0. The Morgan fingerprint density at radius 3 is 2.68 bits per heavy atom. The largest absolute Gasteiger partial charge is 0.337 e. The van der Waals surface area contributed by atoms with E-state index in [1.54, 1.807) is 0 Å².